The van der Waals surface area contributed by atoms with Gasteiger partial charge >= 0.3 is 6.09 Å². The van der Waals surface area contributed by atoms with E-state index in [1.165, 1.54) is 15.1 Å². The van der Waals surface area contributed by atoms with Crippen LogP contribution in [0.15, 0.2) is 102 Å². The van der Waals surface area contributed by atoms with Crippen molar-refractivity contribution in [2.24, 2.45) is 0 Å². The van der Waals surface area contributed by atoms with Crippen molar-refractivity contribution < 1.29 is 18.3 Å². The molecule has 226 valence electrons. The number of para-hydroxylation sites is 1. The summed E-state index contributed by atoms with van der Waals surface area (Å²) in [7, 11) is -3.89. The summed E-state index contributed by atoms with van der Waals surface area (Å²) in [4.78, 5) is 23.3. The molecule has 1 aliphatic carbocycles. The second kappa shape index (κ2) is 11.9. The molecule has 9 nitrogen and oxygen atoms in total. The zero-order chi connectivity index (χ0) is 30.9. The van der Waals surface area contributed by atoms with Crippen LogP contribution in [0.3, 0.4) is 0 Å². The molecule has 0 saturated heterocycles. The summed E-state index contributed by atoms with van der Waals surface area (Å²) in [6.07, 6.45) is 5.07. The third-order valence-electron chi connectivity index (χ3n) is 8.33. The smallest absolute Gasteiger partial charge is 0.408 e. The van der Waals surface area contributed by atoms with E-state index in [-0.39, 0.29) is 16.0 Å². The minimum absolute atomic E-state index is 0.0831. The topological polar surface area (TPSA) is 117 Å². The molecule has 1 saturated carbocycles. The van der Waals surface area contributed by atoms with Crippen LogP contribution in [0.1, 0.15) is 38.2 Å². The number of halogens is 1. The Hall–Kier alpha value is -4.41. The molecule has 5 aromatic rings. The van der Waals surface area contributed by atoms with Gasteiger partial charge < -0.3 is 10.4 Å². The fourth-order valence-electron chi connectivity index (χ4n) is 6.14. The highest BCUT2D eigenvalue weighted by atomic mass is 35.5. The molecule has 0 radical (unpaired) electrons. The molecule has 2 heterocycles. The fraction of sp³-hybridized carbons (Fsp3) is 0.242. The van der Waals surface area contributed by atoms with Crippen LogP contribution >= 0.6 is 11.6 Å². The van der Waals surface area contributed by atoms with Crippen LogP contribution in [0.25, 0.3) is 22.2 Å². The number of benzene rings is 3. The molecule has 2 aromatic heterocycles. The second-order valence-electron chi connectivity index (χ2n) is 11.4. The van der Waals surface area contributed by atoms with Crippen molar-refractivity contribution in [3.8, 4) is 11.3 Å². The van der Waals surface area contributed by atoms with Gasteiger partial charge in [-0.05, 0) is 56.4 Å². The van der Waals surface area contributed by atoms with Gasteiger partial charge in [0.2, 0.25) is 5.95 Å². The predicted octanol–water partition coefficient (Wildman–Crippen LogP) is 7.28. The van der Waals surface area contributed by atoms with Gasteiger partial charge in [-0.2, -0.15) is 0 Å². The molecular formula is C33H32ClN5O4S. The van der Waals surface area contributed by atoms with E-state index in [1.54, 1.807) is 48.7 Å². The Morgan fingerprint density at radius 1 is 1.07 bits per heavy atom. The first-order valence-electron chi connectivity index (χ1n) is 14.4. The van der Waals surface area contributed by atoms with Gasteiger partial charge in [0.05, 0.1) is 27.3 Å². The highest BCUT2D eigenvalue weighted by Gasteiger charge is 2.40. The van der Waals surface area contributed by atoms with Gasteiger partial charge in [-0.25, -0.2) is 27.2 Å². The first-order chi connectivity index (χ1) is 21.2. The Morgan fingerprint density at radius 3 is 2.48 bits per heavy atom. The van der Waals surface area contributed by atoms with Crippen molar-refractivity contribution in [2.45, 2.75) is 55.6 Å². The van der Waals surface area contributed by atoms with E-state index < -0.39 is 21.7 Å². The molecule has 44 heavy (non-hydrogen) atoms. The van der Waals surface area contributed by atoms with Gasteiger partial charge in [-0.3, -0.25) is 4.90 Å². The fourth-order valence-corrected chi connectivity index (χ4v) is 7.72. The molecule has 2 unspecified atom stereocenters. The SMILES string of the molecule is CC1(N(Cc2ccccc2)C(=O)O)CCCC(Nc2ncc(Cl)c(-c3cn(S(=O)(=O)c4ccccc4)c4ccccc34)n2)C1. The Labute approximate surface area is 261 Å². The van der Waals surface area contributed by atoms with Crippen molar-refractivity contribution in [2.75, 3.05) is 5.32 Å². The molecule has 1 amide bonds. The van der Waals surface area contributed by atoms with Gasteiger partial charge in [0.1, 0.15) is 0 Å². The number of hydrogen-bond acceptors (Lipinski definition) is 6. The molecule has 0 spiro atoms. The maximum absolute atomic E-state index is 13.6. The molecule has 11 heteroatoms. The Kier molecular flexibility index (Phi) is 8.04. The number of hydrogen-bond donors (Lipinski definition) is 2. The molecule has 1 fully saturated rings. The molecule has 2 atom stereocenters. The number of anilines is 1. The zero-order valence-corrected chi connectivity index (χ0v) is 25.7. The number of nitrogens with zero attached hydrogens (tertiary/aromatic N) is 4. The summed E-state index contributed by atoms with van der Waals surface area (Å²) in [5.74, 6) is 0.339. The highest BCUT2D eigenvalue weighted by Crippen LogP contribution is 2.38. The van der Waals surface area contributed by atoms with Crippen molar-refractivity contribution in [3.63, 3.8) is 0 Å². The number of carbonyl (C=O) groups is 1. The molecule has 2 N–H and O–H groups in total. The first kappa shape index (κ1) is 29.7. The number of rotatable bonds is 8. The van der Waals surface area contributed by atoms with E-state index in [4.69, 9.17) is 16.6 Å². The van der Waals surface area contributed by atoms with Crippen LogP contribution in [-0.2, 0) is 16.6 Å². The van der Waals surface area contributed by atoms with Crippen LogP contribution in [0.4, 0.5) is 10.7 Å². The molecular weight excluding hydrogens is 598 g/mol. The lowest BCUT2D eigenvalue weighted by molar-refractivity contribution is 0.0524. The summed E-state index contributed by atoms with van der Waals surface area (Å²) >= 11 is 6.63. The van der Waals surface area contributed by atoms with Gasteiger partial charge in [-0.1, -0.05) is 78.3 Å². The van der Waals surface area contributed by atoms with Gasteiger partial charge in [0.15, 0.2) is 0 Å². The van der Waals surface area contributed by atoms with Gasteiger partial charge in [0.25, 0.3) is 10.0 Å². The third-order valence-corrected chi connectivity index (χ3v) is 10.3. The second-order valence-corrected chi connectivity index (χ2v) is 13.6. The normalized spacial score (nSPS) is 18.6. The molecule has 6 rings (SSSR count). The standard InChI is InChI=1S/C33H32ClN5O4S/c1-33(38(32(40)41)21-23-11-4-2-5-12-23)18-10-13-24(19-33)36-31-35-20-28(34)30(37-31)27-22-39(29-17-9-8-16-26(27)29)44(42,43)25-14-6-3-7-15-25/h2-9,11-12,14-17,20,22,24H,10,13,18-19,21H2,1H3,(H,40,41)(H,35,36,37). The maximum Gasteiger partial charge on any atom is 0.408 e. The maximum atomic E-state index is 13.6. The lowest BCUT2D eigenvalue weighted by Gasteiger charge is -2.45. The molecule has 1 aliphatic rings. The van der Waals surface area contributed by atoms with Crippen molar-refractivity contribution in [3.05, 3.63) is 108 Å². The van der Waals surface area contributed by atoms with E-state index in [9.17, 15) is 18.3 Å². The summed E-state index contributed by atoms with van der Waals surface area (Å²) in [6.45, 7) is 2.30. The highest BCUT2D eigenvalue weighted by molar-refractivity contribution is 7.90. The van der Waals surface area contributed by atoms with Crippen LogP contribution in [0.2, 0.25) is 5.02 Å². The van der Waals surface area contributed by atoms with Crippen molar-refractivity contribution in [1.29, 1.82) is 0 Å². The first-order valence-corrected chi connectivity index (χ1v) is 16.2. The molecule has 3 aromatic carbocycles. The largest absolute Gasteiger partial charge is 0.465 e. The average molecular weight is 630 g/mol. The average Bonchev–Trinajstić information content (AvgIpc) is 3.42. The lowest BCUT2D eigenvalue weighted by Crippen LogP contribution is -2.53. The Morgan fingerprint density at radius 2 is 1.75 bits per heavy atom. The van der Waals surface area contributed by atoms with E-state index in [2.05, 4.69) is 10.3 Å². The summed E-state index contributed by atoms with van der Waals surface area (Å²) in [5.41, 5.74) is 1.81. The van der Waals surface area contributed by atoms with Gasteiger partial charge in [0, 0.05) is 35.3 Å². The number of amides is 1. The molecule has 0 aliphatic heterocycles. The minimum Gasteiger partial charge on any atom is -0.465 e. The van der Waals surface area contributed by atoms with Crippen molar-refractivity contribution in [1.82, 2.24) is 18.8 Å². The van der Waals surface area contributed by atoms with Crippen LogP contribution in [-0.4, -0.2) is 50.0 Å². The zero-order valence-electron chi connectivity index (χ0n) is 24.1. The Bertz CT molecular complexity index is 1920. The Balaban J connectivity index is 1.30. The summed E-state index contributed by atoms with van der Waals surface area (Å²) < 4.78 is 28.5. The van der Waals surface area contributed by atoms with Crippen molar-refractivity contribution >= 4 is 44.6 Å². The number of aromatic nitrogens is 3. The quantitative estimate of drug-likeness (QED) is 0.185. The van der Waals surface area contributed by atoms with E-state index in [1.807, 2.05) is 49.4 Å². The number of fused-ring (bicyclic) bond motifs is 1. The number of carboxylic acid groups (broad SMARTS) is 1. The predicted molar refractivity (Wildman–Crippen MR) is 171 cm³/mol. The monoisotopic (exact) mass is 629 g/mol. The summed E-state index contributed by atoms with van der Waals surface area (Å²) in [5, 5.41) is 14.5. The van der Waals surface area contributed by atoms with Gasteiger partial charge in [-0.15, -0.1) is 0 Å². The lowest BCUT2D eigenvalue weighted by atomic mass is 9.79. The number of nitrogens with one attached hydrogen (secondary N) is 1. The van der Waals surface area contributed by atoms with Crippen LogP contribution < -0.4 is 5.32 Å². The minimum atomic E-state index is -3.89. The third kappa shape index (κ3) is 5.75. The van der Waals surface area contributed by atoms with E-state index in [0.717, 1.165) is 24.8 Å². The van der Waals surface area contributed by atoms with E-state index in [0.29, 0.717) is 41.1 Å². The van der Waals surface area contributed by atoms with Crippen LogP contribution in [0, 0.1) is 0 Å². The van der Waals surface area contributed by atoms with E-state index >= 15 is 0 Å². The van der Waals surface area contributed by atoms with Crippen LogP contribution in [0.5, 0.6) is 0 Å². The summed E-state index contributed by atoms with van der Waals surface area (Å²) in [6, 6.07) is 25.0. The molecule has 0 bridgehead atoms.